The highest BCUT2D eigenvalue weighted by molar-refractivity contribution is 7.92. The number of amides is 1. The second-order valence-electron chi connectivity index (χ2n) is 6.57. The number of hydrogen-bond acceptors (Lipinski definition) is 3. The van der Waals surface area contributed by atoms with Crippen molar-refractivity contribution in [3.8, 4) is 0 Å². The number of benzene rings is 3. The lowest BCUT2D eigenvalue weighted by molar-refractivity contribution is 0.102. The zero-order chi connectivity index (χ0) is 21.2. The fraction of sp³-hybridized carbons (Fsp3) is 0.0952. The Balaban J connectivity index is 1.89. The maximum absolute atomic E-state index is 12.9. The smallest absolute Gasteiger partial charge is 0.262 e. The highest BCUT2D eigenvalue weighted by atomic mass is 35.5. The van der Waals surface area contributed by atoms with Crippen LogP contribution in [0.1, 0.15) is 21.5 Å². The molecule has 0 bridgehead atoms. The molecular formula is C21H18Cl2N2O3S. The van der Waals surface area contributed by atoms with Crippen molar-refractivity contribution in [2.45, 2.75) is 18.7 Å². The fourth-order valence-corrected chi connectivity index (χ4v) is 4.63. The molecule has 0 aromatic heterocycles. The van der Waals surface area contributed by atoms with Crippen LogP contribution in [0.15, 0.2) is 65.6 Å². The average Bonchev–Trinajstić information content (AvgIpc) is 2.60. The van der Waals surface area contributed by atoms with E-state index in [2.05, 4.69) is 10.0 Å². The van der Waals surface area contributed by atoms with E-state index in [0.29, 0.717) is 27.0 Å². The van der Waals surface area contributed by atoms with Crippen molar-refractivity contribution < 1.29 is 13.2 Å². The maximum atomic E-state index is 12.9. The normalized spacial score (nSPS) is 11.2. The van der Waals surface area contributed by atoms with E-state index >= 15 is 0 Å². The number of sulfonamides is 1. The Hall–Kier alpha value is -2.54. The molecular weight excluding hydrogens is 431 g/mol. The van der Waals surface area contributed by atoms with E-state index in [1.54, 1.807) is 55.5 Å². The van der Waals surface area contributed by atoms with Crippen molar-refractivity contribution >= 4 is 50.5 Å². The number of rotatable bonds is 5. The third-order valence-corrected chi connectivity index (χ3v) is 6.09. The summed E-state index contributed by atoms with van der Waals surface area (Å²) in [4.78, 5) is 12.6. The van der Waals surface area contributed by atoms with Crippen molar-refractivity contribution in [3.05, 3.63) is 87.4 Å². The number of anilines is 2. The molecule has 0 heterocycles. The van der Waals surface area contributed by atoms with Gasteiger partial charge in [0, 0.05) is 27.0 Å². The molecule has 0 radical (unpaired) electrons. The standard InChI is InChI=1S/C21H18Cl2N2O3S/c1-13-4-3-5-18(8-13)25-29(27,28)20-9-15(7-6-14(20)2)21(26)24-19-11-16(22)10-17(23)12-19/h3-12,25H,1-2H3,(H,24,26). The highest BCUT2D eigenvalue weighted by Crippen LogP contribution is 2.25. The van der Waals surface area contributed by atoms with Gasteiger partial charge in [-0.3, -0.25) is 9.52 Å². The van der Waals surface area contributed by atoms with Crippen LogP contribution in [-0.2, 0) is 10.0 Å². The Labute approximate surface area is 179 Å². The number of carbonyl (C=O) groups is 1. The van der Waals surface area contributed by atoms with Crippen LogP contribution in [-0.4, -0.2) is 14.3 Å². The molecule has 29 heavy (non-hydrogen) atoms. The van der Waals surface area contributed by atoms with Crippen molar-refractivity contribution in [3.63, 3.8) is 0 Å². The van der Waals surface area contributed by atoms with Crippen LogP contribution in [0.4, 0.5) is 11.4 Å². The largest absolute Gasteiger partial charge is 0.322 e. The van der Waals surface area contributed by atoms with E-state index in [9.17, 15) is 13.2 Å². The van der Waals surface area contributed by atoms with Gasteiger partial charge >= 0.3 is 0 Å². The summed E-state index contributed by atoms with van der Waals surface area (Å²) in [6.07, 6.45) is 0. The van der Waals surface area contributed by atoms with E-state index in [-0.39, 0.29) is 10.5 Å². The van der Waals surface area contributed by atoms with E-state index in [0.717, 1.165) is 5.56 Å². The topological polar surface area (TPSA) is 75.3 Å². The molecule has 0 fully saturated rings. The summed E-state index contributed by atoms with van der Waals surface area (Å²) in [5.74, 6) is -0.477. The highest BCUT2D eigenvalue weighted by Gasteiger charge is 2.19. The van der Waals surface area contributed by atoms with Gasteiger partial charge in [-0.25, -0.2) is 8.42 Å². The van der Waals surface area contributed by atoms with Crippen molar-refractivity contribution in [1.82, 2.24) is 0 Å². The molecule has 0 atom stereocenters. The molecule has 0 unspecified atom stereocenters. The van der Waals surface area contributed by atoms with Gasteiger partial charge in [-0.15, -0.1) is 0 Å². The van der Waals surface area contributed by atoms with Gasteiger partial charge in [0.25, 0.3) is 15.9 Å². The summed E-state index contributed by atoms with van der Waals surface area (Å²) in [5, 5.41) is 3.43. The van der Waals surface area contributed by atoms with Crippen LogP contribution in [0, 0.1) is 13.8 Å². The van der Waals surface area contributed by atoms with Crippen LogP contribution < -0.4 is 10.0 Å². The minimum atomic E-state index is -3.88. The van der Waals surface area contributed by atoms with Crippen molar-refractivity contribution in [1.29, 1.82) is 0 Å². The molecule has 2 N–H and O–H groups in total. The first-order valence-corrected chi connectivity index (χ1v) is 10.9. The van der Waals surface area contributed by atoms with Crippen molar-refractivity contribution in [2.24, 2.45) is 0 Å². The summed E-state index contributed by atoms with van der Waals surface area (Å²) in [7, 11) is -3.88. The molecule has 3 rings (SSSR count). The van der Waals surface area contributed by atoms with Gasteiger partial charge in [-0.05, 0) is 67.4 Å². The molecule has 1 amide bonds. The summed E-state index contributed by atoms with van der Waals surface area (Å²) in [6, 6.07) is 16.2. The summed E-state index contributed by atoms with van der Waals surface area (Å²) >= 11 is 11.9. The third-order valence-electron chi connectivity index (χ3n) is 4.13. The van der Waals surface area contributed by atoms with E-state index in [1.165, 1.54) is 6.07 Å². The van der Waals surface area contributed by atoms with Crippen LogP contribution in [0.2, 0.25) is 10.0 Å². The lowest BCUT2D eigenvalue weighted by atomic mass is 10.1. The number of aryl methyl sites for hydroxylation is 2. The number of carbonyl (C=O) groups excluding carboxylic acids is 1. The Kier molecular flexibility index (Phi) is 6.17. The van der Waals surface area contributed by atoms with Crippen molar-refractivity contribution in [2.75, 3.05) is 10.0 Å². The summed E-state index contributed by atoms with van der Waals surface area (Å²) in [6.45, 7) is 3.54. The summed E-state index contributed by atoms with van der Waals surface area (Å²) < 4.78 is 28.3. The van der Waals surface area contributed by atoms with Gasteiger partial charge in [-0.1, -0.05) is 41.4 Å². The van der Waals surface area contributed by atoms with E-state index < -0.39 is 15.9 Å². The van der Waals surface area contributed by atoms with Gasteiger partial charge in [0.15, 0.2) is 0 Å². The van der Waals surface area contributed by atoms with Gasteiger partial charge in [0.1, 0.15) is 0 Å². The molecule has 0 saturated heterocycles. The third kappa shape index (κ3) is 5.29. The predicted octanol–water partition coefficient (Wildman–Crippen LogP) is 5.66. The molecule has 0 aliphatic rings. The molecule has 0 aliphatic carbocycles. The Morgan fingerprint density at radius 2 is 1.55 bits per heavy atom. The molecule has 0 aliphatic heterocycles. The maximum Gasteiger partial charge on any atom is 0.262 e. The quantitative estimate of drug-likeness (QED) is 0.528. The summed E-state index contributed by atoms with van der Waals surface area (Å²) in [5.41, 5.74) is 2.50. The first kappa shape index (κ1) is 21.2. The van der Waals surface area contributed by atoms with Crippen LogP contribution in [0.3, 0.4) is 0 Å². The molecule has 150 valence electrons. The lowest BCUT2D eigenvalue weighted by Crippen LogP contribution is -2.17. The first-order valence-electron chi connectivity index (χ1n) is 8.62. The van der Waals surface area contributed by atoms with Gasteiger partial charge in [0.05, 0.1) is 4.90 Å². The second-order valence-corrected chi connectivity index (χ2v) is 9.09. The average molecular weight is 449 g/mol. The molecule has 5 nitrogen and oxygen atoms in total. The Morgan fingerprint density at radius 1 is 0.862 bits per heavy atom. The van der Waals surface area contributed by atoms with E-state index in [1.807, 2.05) is 13.0 Å². The molecule has 3 aromatic rings. The zero-order valence-electron chi connectivity index (χ0n) is 15.7. The van der Waals surface area contributed by atoms with Crippen LogP contribution >= 0.6 is 23.2 Å². The minimum absolute atomic E-state index is 0.0239. The minimum Gasteiger partial charge on any atom is -0.322 e. The Morgan fingerprint density at radius 3 is 2.21 bits per heavy atom. The Bertz CT molecular complexity index is 1170. The van der Waals surface area contributed by atoms with Crippen LogP contribution in [0.5, 0.6) is 0 Å². The van der Waals surface area contributed by atoms with Crippen LogP contribution in [0.25, 0.3) is 0 Å². The SMILES string of the molecule is Cc1cccc(NS(=O)(=O)c2cc(C(=O)Nc3cc(Cl)cc(Cl)c3)ccc2C)c1. The van der Waals surface area contributed by atoms with E-state index in [4.69, 9.17) is 23.2 Å². The number of nitrogens with one attached hydrogen (secondary N) is 2. The first-order chi connectivity index (χ1) is 13.6. The monoisotopic (exact) mass is 448 g/mol. The number of hydrogen-bond donors (Lipinski definition) is 2. The zero-order valence-corrected chi connectivity index (χ0v) is 18.0. The molecule has 0 spiro atoms. The molecule has 3 aromatic carbocycles. The second kappa shape index (κ2) is 8.45. The molecule has 8 heteroatoms. The van der Waals surface area contributed by atoms with Gasteiger partial charge in [-0.2, -0.15) is 0 Å². The lowest BCUT2D eigenvalue weighted by Gasteiger charge is -2.13. The van der Waals surface area contributed by atoms with Gasteiger partial charge < -0.3 is 5.32 Å². The fourth-order valence-electron chi connectivity index (χ4n) is 2.78. The van der Waals surface area contributed by atoms with Gasteiger partial charge in [0.2, 0.25) is 0 Å². The molecule has 0 saturated carbocycles. The number of halogens is 2. The predicted molar refractivity (Wildman–Crippen MR) is 118 cm³/mol.